The van der Waals surface area contributed by atoms with Gasteiger partial charge in [0.05, 0.1) is 17.0 Å². The molecule has 0 aliphatic heterocycles. The van der Waals surface area contributed by atoms with Gasteiger partial charge in [-0.05, 0) is 19.1 Å². The van der Waals surface area contributed by atoms with Gasteiger partial charge in [0.2, 0.25) is 0 Å². The summed E-state index contributed by atoms with van der Waals surface area (Å²) >= 11 is 11.7. The average molecular weight is 360 g/mol. The number of carbonyl (C=O) groups is 2. The molecular weight excluding hydrogens is 349 g/mol. The van der Waals surface area contributed by atoms with Crippen molar-refractivity contribution >= 4 is 46.0 Å². The third kappa shape index (κ3) is 3.57. The lowest BCUT2D eigenvalue weighted by Crippen LogP contribution is -2.33. The third-order valence-corrected chi connectivity index (χ3v) is 3.32. The summed E-state index contributed by atoms with van der Waals surface area (Å²) in [6, 6.07) is 2.62. The smallest absolute Gasteiger partial charge is 0.353 e. The molecule has 0 atom stereocenters. The van der Waals surface area contributed by atoms with Crippen LogP contribution in [-0.4, -0.2) is 30.1 Å². The fraction of sp³-hybridized carbons (Fsp3) is 0.214. The second kappa shape index (κ2) is 6.89. The van der Waals surface area contributed by atoms with Crippen LogP contribution >= 0.6 is 23.2 Å². The maximum absolute atomic E-state index is 12.0. The summed E-state index contributed by atoms with van der Waals surface area (Å²) in [5, 5.41) is 12.5. The van der Waals surface area contributed by atoms with Crippen molar-refractivity contribution in [2.45, 2.75) is 6.92 Å². The van der Waals surface area contributed by atoms with Crippen LogP contribution < -0.4 is 10.9 Å². The molecule has 1 heterocycles. The molecule has 1 amide bonds. The van der Waals surface area contributed by atoms with Crippen molar-refractivity contribution in [1.82, 2.24) is 5.32 Å². The van der Waals surface area contributed by atoms with Gasteiger partial charge in [-0.2, -0.15) is 0 Å². The highest BCUT2D eigenvalue weighted by Crippen LogP contribution is 2.33. The molecule has 0 bridgehead atoms. The Morgan fingerprint density at radius 3 is 2.70 bits per heavy atom. The van der Waals surface area contributed by atoms with Gasteiger partial charge in [0.25, 0.3) is 5.91 Å². The summed E-state index contributed by atoms with van der Waals surface area (Å²) in [5.74, 6) is -2.30. The first kappa shape index (κ1) is 17.1. The first-order chi connectivity index (χ1) is 10.8. The third-order valence-electron chi connectivity index (χ3n) is 2.82. The zero-order chi connectivity index (χ0) is 17.1. The maximum atomic E-state index is 12.0. The highest BCUT2D eigenvalue weighted by molar-refractivity contribution is 6.38. The summed E-state index contributed by atoms with van der Waals surface area (Å²) in [5.41, 5.74) is -1.85. The summed E-state index contributed by atoms with van der Waals surface area (Å²) in [7, 11) is 0. The van der Waals surface area contributed by atoms with Gasteiger partial charge in [-0.3, -0.25) is 9.59 Å². The summed E-state index contributed by atoms with van der Waals surface area (Å²) < 4.78 is 9.59. The molecule has 0 unspecified atom stereocenters. The zero-order valence-electron chi connectivity index (χ0n) is 11.8. The van der Waals surface area contributed by atoms with Gasteiger partial charge in [0.15, 0.2) is 11.1 Å². The molecule has 122 valence electrons. The van der Waals surface area contributed by atoms with Crippen LogP contribution in [0.1, 0.15) is 17.3 Å². The molecule has 0 spiro atoms. The molecule has 0 saturated carbocycles. The van der Waals surface area contributed by atoms with E-state index in [9.17, 15) is 19.5 Å². The largest absolute Gasteiger partial charge is 0.506 e. The lowest BCUT2D eigenvalue weighted by Gasteiger charge is -2.08. The molecule has 2 aromatic rings. The van der Waals surface area contributed by atoms with E-state index in [4.69, 9.17) is 27.6 Å². The van der Waals surface area contributed by atoms with Crippen molar-refractivity contribution in [3.8, 4) is 5.75 Å². The number of hydrogen-bond donors (Lipinski definition) is 2. The SMILES string of the molecule is CCOC(=O)CNC(=O)c1c(O)c2cc(Cl)cc(Cl)c2oc1=O. The number of nitrogens with one attached hydrogen (secondary N) is 1. The van der Waals surface area contributed by atoms with E-state index < -0.39 is 35.4 Å². The minimum atomic E-state index is -1.10. The number of benzene rings is 1. The molecular formula is C14H11Cl2NO6. The van der Waals surface area contributed by atoms with E-state index in [0.29, 0.717) is 0 Å². The average Bonchev–Trinajstić information content (AvgIpc) is 2.47. The van der Waals surface area contributed by atoms with Crippen molar-refractivity contribution in [3.63, 3.8) is 0 Å². The molecule has 9 heteroatoms. The summed E-state index contributed by atoms with van der Waals surface area (Å²) in [6.45, 7) is 1.30. The standard InChI is InChI=1S/C14H11Cl2NO6/c1-2-22-9(18)5-17-13(20)10-11(19)7-3-6(15)4-8(16)12(7)23-14(10)21/h3-4,19H,2,5H2,1H3,(H,17,20). The van der Waals surface area contributed by atoms with E-state index in [1.165, 1.54) is 12.1 Å². The first-order valence-corrected chi connectivity index (χ1v) is 7.19. The molecule has 0 aliphatic carbocycles. The number of ether oxygens (including phenoxy) is 1. The second-order valence-corrected chi connectivity index (χ2v) is 5.21. The Morgan fingerprint density at radius 2 is 2.04 bits per heavy atom. The van der Waals surface area contributed by atoms with E-state index >= 15 is 0 Å². The Morgan fingerprint density at radius 1 is 1.35 bits per heavy atom. The van der Waals surface area contributed by atoms with Gasteiger partial charge < -0.3 is 19.6 Å². The molecule has 7 nitrogen and oxygen atoms in total. The number of carbonyl (C=O) groups excluding carboxylic acids is 2. The van der Waals surface area contributed by atoms with Crippen LogP contribution in [0.15, 0.2) is 21.3 Å². The van der Waals surface area contributed by atoms with Crippen LogP contribution in [0.2, 0.25) is 10.0 Å². The van der Waals surface area contributed by atoms with Crippen molar-refractivity contribution in [2.75, 3.05) is 13.2 Å². The van der Waals surface area contributed by atoms with Gasteiger partial charge in [-0.25, -0.2) is 4.79 Å². The molecule has 0 fully saturated rings. The molecule has 1 aromatic heterocycles. The van der Waals surface area contributed by atoms with Crippen LogP contribution in [0.3, 0.4) is 0 Å². The minimum absolute atomic E-state index is 0.00313. The Kier molecular flexibility index (Phi) is 5.12. The van der Waals surface area contributed by atoms with E-state index in [1.807, 2.05) is 0 Å². The lowest BCUT2D eigenvalue weighted by atomic mass is 10.1. The van der Waals surface area contributed by atoms with Crippen LogP contribution in [0.25, 0.3) is 11.0 Å². The Hall–Kier alpha value is -2.25. The Balaban J connectivity index is 2.43. The predicted octanol–water partition coefficient (Wildman–Crippen LogP) is 2.10. The highest BCUT2D eigenvalue weighted by atomic mass is 35.5. The van der Waals surface area contributed by atoms with Crippen molar-refractivity contribution in [2.24, 2.45) is 0 Å². The van der Waals surface area contributed by atoms with E-state index in [0.717, 1.165) is 0 Å². The topological polar surface area (TPSA) is 106 Å². The summed E-state index contributed by atoms with van der Waals surface area (Å²) in [6.07, 6.45) is 0. The van der Waals surface area contributed by atoms with Gasteiger partial charge in [0, 0.05) is 5.02 Å². The lowest BCUT2D eigenvalue weighted by molar-refractivity contribution is -0.141. The zero-order valence-corrected chi connectivity index (χ0v) is 13.3. The van der Waals surface area contributed by atoms with Crippen molar-refractivity contribution in [3.05, 3.63) is 38.2 Å². The monoisotopic (exact) mass is 359 g/mol. The van der Waals surface area contributed by atoms with Crippen LogP contribution in [0.4, 0.5) is 0 Å². The number of halogens is 2. The fourth-order valence-electron chi connectivity index (χ4n) is 1.87. The molecule has 0 saturated heterocycles. The van der Waals surface area contributed by atoms with Crippen LogP contribution in [0.5, 0.6) is 5.75 Å². The van der Waals surface area contributed by atoms with E-state index in [1.54, 1.807) is 6.92 Å². The number of aromatic hydroxyl groups is 1. The van der Waals surface area contributed by atoms with Gasteiger partial charge >= 0.3 is 11.6 Å². The molecule has 2 rings (SSSR count). The Labute approximate surface area is 139 Å². The van der Waals surface area contributed by atoms with Gasteiger partial charge in [0.1, 0.15) is 12.3 Å². The normalized spacial score (nSPS) is 10.6. The predicted molar refractivity (Wildman–Crippen MR) is 83.1 cm³/mol. The number of rotatable bonds is 4. The Bertz CT molecular complexity index is 845. The molecule has 0 radical (unpaired) electrons. The summed E-state index contributed by atoms with van der Waals surface area (Å²) in [4.78, 5) is 35.1. The molecule has 2 N–H and O–H groups in total. The quantitative estimate of drug-likeness (QED) is 0.639. The minimum Gasteiger partial charge on any atom is -0.506 e. The molecule has 23 heavy (non-hydrogen) atoms. The highest BCUT2D eigenvalue weighted by Gasteiger charge is 2.23. The van der Waals surface area contributed by atoms with Gasteiger partial charge in [-0.1, -0.05) is 23.2 Å². The number of fused-ring (bicyclic) bond motifs is 1. The van der Waals surface area contributed by atoms with E-state index in [-0.39, 0.29) is 27.6 Å². The van der Waals surface area contributed by atoms with Crippen molar-refractivity contribution < 1.29 is 23.8 Å². The number of hydrogen-bond acceptors (Lipinski definition) is 6. The maximum Gasteiger partial charge on any atom is 0.353 e. The molecule has 0 aliphatic rings. The second-order valence-electron chi connectivity index (χ2n) is 4.37. The van der Waals surface area contributed by atoms with Crippen LogP contribution in [-0.2, 0) is 9.53 Å². The van der Waals surface area contributed by atoms with Gasteiger partial charge in [-0.15, -0.1) is 0 Å². The van der Waals surface area contributed by atoms with Crippen LogP contribution in [0, 0.1) is 0 Å². The first-order valence-electron chi connectivity index (χ1n) is 6.43. The van der Waals surface area contributed by atoms with E-state index in [2.05, 4.69) is 10.1 Å². The number of amides is 1. The fourth-order valence-corrected chi connectivity index (χ4v) is 2.40. The van der Waals surface area contributed by atoms with Crippen molar-refractivity contribution in [1.29, 1.82) is 0 Å². The number of esters is 1. The molecule has 1 aromatic carbocycles.